The molecule has 1 heterocycles. The van der Waals surface area contributed by atoms with E-state index in [-0.39, 0.29) is 43.7 Å². The molecule has 8 N–H and O–H groups in total. The highest BCUT2D eigenvalue weighted by atomic mass is 16.2. The molecule has 1 unspecified atom stereocenters. The van der Waals surface area contributed by atoms with Gasteiger partial charge in [-0.05, 0) is 44.7 Å². The third-order valence-corrected chi connectivity index (χ3v) is 5.55. The molecule has 0 spiro atoms. The van der Waals surface area contributed by atoms with Gasteiger partial charge in [0.2, 0.25) is 29.5 Å². The largest absolute Gasteiger partial charge is 0.356 e. The van der Waals surface area contributed by atoms with Crippen molar-refractivity contribution in [1.29, 1.82) is 0 Å². The predicted octanol–water partition coefficient (Wildman–Crippen LogP) is -1.51. The Balaban J connectivity index is 1.80. The van der Waals surface area contributed by atoms with Crippen LogP contribution in [0, 0.1) is 6.92 Å². The lowest BCUT2D eigenvalue weighted by Gasteiger charge is -2.19. The topological polar surface area (TPSA) is 220 Å². The molecule has 2 rings (SSSR count). The molecule has 14 nitrogen and oxygen atoms in total. The first kappa shape index (κ1) is 31.2. The van der Waals surface area contributed by atoms with E-state index >= 15 is 0 Å². The molecule has 4 amide bonds. The zero-order chi connectivity index (χ0) is 28.5. The van der Waals surface area contributed by atoms with Crippen LogP contribution >= 0.6 is 0 Å². The predicted molar refractivity (Wildman–Crippen MR) is 144 cm³/mol. The summed E-state index contributed by atoms with van der Waals surface area (Å²) in [6.07, 6.45) is 2.55. The lowest BCUT2D eigenvalue weighted by atomic mass is 10.1. The molecule has 0 aliphatic carbocycles. The molecule has 1 atom stereocenters. The number of unbranched alkanes of at least 4 members (excludes halogenated alkanes) is 1. The van der Waals surface area contributed by atoms with E-state index in [0.717, 1.165) is 5.56 Å². The average Bonchev–Trinajstić information content (AvgIpc) is 2.92. The Morgan fingerprint density at radius 1 is 0.795 bits per heavy atom. The molecule has 14 heteroatoms. The smallest absolute Gasteiger partial charge is 0.242 e. The van der Waals surface area contributed by atoms with Crippen LogP contribution in [0.25, 0.3) is 11.4 Å². The molecular formula is C25H38N10O4. The lowest BCUT2D eigenvalue weighted by molar-refractivity contribution is -0.129. The summed E-state index contributed by atoms with van der Waals surface area (Å²) in [6.45, 7) is 2.99. The summed E-state index contributed by atoms with van der Waals surface area (Å²) in [6, 6.07) is 6.28. The van der Waals surface area contributed by atoms with Gasteiger partial charge in [-0.3, -0.25) is 19.2 Å². The summed E-state index contributed by atoms with van der Waals surface area (Å²) in [4.78, 5) is 49.0. The first-order valence-corrected chi connectivity index (χ1v) is 13.0. The molecule has 212 valence electrons. The molecule has 0 saturated heterocycles. The summed E-state index contributed by atoms with van der Waals surface area (Å²) in [5, 5.41) is 26.5. The van der Waals surface area contributed by atoms with Gasteiger partial charge in [0.05, 0.1) is 13.0 Å². The maximum Gasteiger partial charge on any atom is 0.242 e. The Labute approximate surface area is 227 Å². The Morgan fingerprint density at radius 3 is 2.15 bits per heavy atom. The highest BCUT2D eigenvalue weighted by molar-refractivity contribution is 5.90. The monoisotopic (exact) mass is 542 g/mol. The van der Waals surface area contributed by atoms with Crippen molar-refractivity contribution >= 4 is 23.6 Å². The maximum absolute atomic E-state index is 12.6. The van der Waals surface area contributed by atoms with Gasteiger partial charge in [0, 0.05) is 31.6 Å². The van der Waals surface area contributed by atoms with E-state index in [9.17, 15) is 19.2 Å². The van der Waals surface area contributed by atoms with Crippen LogP contribution in [0.5, 0.6) is 0 Å². The van der Waals surface area contributed by atoms with Gasteiger partial charge in [0.15, 0.2) is 5.82 Å². The first-order valence-electron chi connectivity index (χ1n) is 13.0. The van der Waals surface area contributed by atoms with Gasteiger partial charge in [-0.1, -0.05) is 24.3 Å². The fourth-order valence-electron chi connectivity index (χ4n) is 3.47. The summed E-state index contributed by atoms with van der Waals surface area (Å²) in [5.74, 6) is -0.415. The van der Waals surface area contributed by atoms with Crippen molar-refractivity contribution in [2.24, 2.45) is 11.5 Å². The van der Waals surface area contributed by atoms with Gasteiger partial charge in [0.25, 0.3) is 0 Å². The van der Waals surface area contributed by atoms with Crippen molar-refractivity contribution in [2.45, 2.75) is 51.5 Å². The van der Waals surface area contributed by atoms with Crippen LogP contribution < -0.4 is 32.7 Å². The third-order valence-electron chi connectivity index (χ3n) is 5.55. The van der Waals surface area contributed by atoms with Gasteiger partial charge in [-0.15, -0.1) is 20.4 Å². The Kier molecular flexibility index (Phi) is 14.0. The van der Waals surface area contributed by atoms with Crippen molar-refractivity contribution in [3.63, 3.8) is 0 Å². The SMILES string of the molecule is Cc1nnc(-c2ccc(CC(=O)NCC(=O)NC(CCCCNC(=O)CCN)C(=O)NCCCN)cc2)nn1. The fraction of sp³-hybridized carbons (Fsp3) is 0.520. The van der Waals surface area contributed by atoms with Crippen molar-refractivity contribution < 1.29 is 19.2 Å². The Hall–Kier alpha value is -4.04. The number of nitrogens with one attached hydrogen (secondary N) is 4. The highest BCUT2D eigenvalue weighted by Gasteiger charge is 2.20. The van der Waals surface area contributed by atoms with Crippen LogP contribution in [0.15, 0.2) is 24.3 Å². The molecule has 0 saturated carbocycles. The first-order chi connectivity index (χ1) is 18.8. The molecule has 0 bridgehead atoms. The van der Waals surface area contributed by atoms with Gasteiger partial charge >= 0.3 is 0 Å². The van der Waals surface area contributed by atoms with E-state index in [1.54, 1.807) is 31.2 Å². The zero-order valence-electron chi connectivity index (χ0n) is 22.2. The summed E-state index contributed by atoms with van der Waals surface area (Å²) >= 11 is 0. The molecule has 1 aromatic heterocycles. The number of carbonyl (C=O) groups is 4. The van der Waals surface area contributed by atoms with Crippen LogP contribution in [0.3, 0.4) is 0 Å². The van der Waals surface area contributed by atoms with Gasteiger partial charge in [-0.2, -0.15) is 0 Å². The minimum Gasteiger partial charge on any atom is -0.356 e. The molecule has 39 heavy (non-hydrogen) atoms. The second-order valence-corrected chi connectivity index (χ2v) is 8.86. The molecule has 1 aromatic carbocycles. The number of rotatable bonds is 17. The maximum atomic E-state index is 12.6. The number of hydrogen-bond donors (Lipinski definition) is 6. The number of benzene rings is 1. The zero-order valence-corrected chi connectivity index (χ0v) is 22.2. The van der Waals surface area contributed by atoms with Crippen LogP contribution in [0.2, 0.25) is 0 Å². The van der Waals surface area contributed by atoms with E-state index in [1.165, 1.54) is 0 Å². The van der Waals surface area contributed by atoms with Crippen molar-refractivity contribution in [1.82, 2.24) is 41.7 Å². The summed E-state index contributed by atoms with van der Waals surface area (Å²) in [5.41, 5.74) is 12.3. The summed E-state index contributed by atoms with van der Waals surface area (Å²) < 4.78 is 0. The minimum atomic E-state index is -0.771. The number of aromatic nitrogens is 4. The van der Waals surface area contributed by atoms with Crippen molar-refractivity contribution in [3.8, 4) is 11.4 Å². The number of hydrogen-bond acceptors (Lipinski definition) is 10. The van der Waals surface area contributed by atoms with Gasteiger partial charge < -0.3 is 32.7 Å². The summed E-state index contributed by atoms with van der Waals surface area (Å²) in [7, 11) is 0. The highest BCUT2D eigenvalue weighted by Crippen LogP contribution is 2.14. The average molecular weight is 543 g/mol. The Morgan fingerprint density at radius 2 is 1.49 bits per heavy atom. The number of amides is 4. The van der Waals surface area contributed by atoms with Crippen molar-refractivity contribution in [2.75, 3.05) is 32.7 Å². The second kappa shape index (κ2) is 17.5. The molecule has 0 radical (unpaired) electrons. The second-order valence-electron chi connectivity index (χ2n) is 8.86. The van der Waals surface area contributed by atoms with Crippen molar-refractivity contribution in [3.05, 3.63) is 35.7 Å². The standard InChI is InChI=1S/C25H38N10O4/c1-17-32-34-24(35-33-17)19-8-6-18(7-9-19)15-22(37)30-16-23(38)31-20(25(39)29-14-4-11-26)5-2-3-13-28-21(36)10-12-27/h6-9,20H,2-5,10-16,26-27H2,1H3,(H,28,36)(H,29,39)(H,30,37)(H,31,38). The normalized spacial score (nSPS) is 11.4. The number of aryl methyl sites for hydroxylation is 1. The lowest BCUT2D eigenvalue weighted by Crippen LogP contribution is -2.49. The van der Waals surface area contributed by atoms with E-state index in [1.807, 2.05) is 0 Å². The van der Waals surface area contributed by atoms with Crippen LogP contribution in [-0.2, 0) is 25.6 Å². The Bertz CT molecular complexity index is 1060. The van der Waals surface area contributed by atoms with E-state index in [0.29, 0.717) is 62.5 Å². The van der Waals surface area contributed by atoms with E-state index in [4.69, 9.17) is 11.5 Å². The molecule has 0 aliphatic heterocycles. The fourth-order valence-corrected chi connectivity index (χ4v) is 3.47. The van der Waals surface area contributed by atoms with Crippen LogP contribution in [0.1, 0.15) is 43.5 Å². The number of nitrogens with zero attached hydrogens (tertiary/aromatic N) is 4. The molecular weight excluding hydrogens is 504 g/mol. The van der Waals surface area contributed by atoms with Gasteiger partial charge in [0.1, 0.15) is 6.04 Å². The van der Waals surface area contributed by atoms with Crippen LogP contribution in [-0.4, -0.2) is 82.8 Å². The molecule has 0 aliphatic rings. The van der Waals surface area contributed by atoms with E-state index in [2.05, 4.69) is 41.7 Å². The molecule has 0 fully saturated rings. The number of nitrogens with two attached hydrogens (primary N) is 2. The van der Waals surface area contributed by atoms with Crippen LogP contribution in [0.4, 0.5) is 0 Å². The van der Waals surface area contributed by atoms with Gasteiger partial charge in [-0.25, -0.2) is 0 Å². The third kappa shape index (κ3) is 12.4. The molecule has 2 aromatic rings. The minimum absolute atomic E-state index is 0.0672. The number of carbonyl (C=O) groups excluding carboxylic acids is 4. The quantitative estimate of drug-likeness (QED) is 0.127. The van der Waals surface area contributed by atoms with E-state index < -0.39 is 11.9 Å².